The first-order valence-corrected chi connectivity index (χ1v) is 20.6. The molecule has 0 amide bonds. The predicted octanol–water partition coefficient (Wildman–Crippen LogP) is 14.2. The third-order valence-electron chi connectivity index (χ3n) is 12.9. The van der Waals surface area contributed by atoms with Crippen molar-refractivity contribution in [3.05, 3.63) is 193 Å². The maximum absolute atomic E-state index is 6.71. The lowest BCUT2D eigenvalue weighted by Gasteiger charge is -2.21. The second-order valence-corrected chi connectivity index (χ2v) is 16.6. The van der Waals surface area contributed by atoms with Crippen molar-refractivity contribution in [2.24, 2.45) is 0 Å². The third kappa shape index (κ3) is 4.57. The molecule has 12 aromatic rings. The molecular formula is C55H36N4O. The molecule has 0 saturated carbocycles. The van der Waals surface area contributed by atoms with Gasteiger partial charge in [0, 0.05) is 43.6 Å². The maximum Gasteiger partial charge on any atom is 0.236 e. The van der Waals surface area contributed by atoms with Crippen molar-refractivity contribution in [2.45, 2.75) is 19.3 Å². The zero-order valence-electron chi connectivity index (χ0n) is 33.0. The van der Waals surface area contributed by atoms with Crippen LogP contribution in [0.5, 0.6) is 0 Å². The second kappa shape index (κ2) is 12.1. The van der Waals surface area contributed by atoms with Crippen LogP contribution in [-0.2, 0) is 5.41 Å². The van der Waals surface area contributed by atoms with E-state index in [0.717, 1.165) is 55.6 Å². The first-order chi connectivity index (χ1) is 29.5. The molecule has 0 bridgehead atoms. The number of rotatable bonds is 4. The fourth-order valence-electron chi connectivity index (χ4n) is 10.1. The average molecular weight is 769 g/mol. The minimum atomic E-state index is -0.0998. The first-order valence-electron chi connectivity index (χ1n) is 20.6. The molecule has 0 unspecified atom stereocenters. The van der Waals surface area contributed by atoms with Crippen molar-refractivity contribution < 1.29 is 4.42 Å². The number of aromatic nitrogens is 4. The monoisotopic (exact) mass is 768 g/mol. The van der Waals surface area contributed by atoms with E-state index < -0.39 is 0 Å². The lowest BCUT2D eigenvalue weighted by molar-refractivity contribution is 0.661. The lowest BCUT2D eigenvalue weighted by Crippen LogP contribution is -2.14. The van der Waals surface area contributed by atoms with Crippen LogP contribution in [0.15, 0.2) is 186 Å². The minimum Gasteiger partial charge on any atom is -0.452 e. The average Bonchev–Trinajstić information content (AvgIpc) is 4.00. The van der Waals surface area contributed by atoms with Crippen LogP contribution in [0.3, 0.4) is 0 Å². The van der Waals surface area contributed by atoms with E-state index in [1.807, 2.05) is 18.2 Å². The molecule has 0 N–H and O–H groups in total. The summed E-state index contributed by atoms with van der Waals surface area (Å²) in [6.07, 6.45) is 0. The quantitative estimate of drug-likeness (QED) is 0.179. The van der Waals surface area contributed by atoms with Crippen LogP contribution in [0, 0.1) is 0 Å². The Morgan fingerprint density at radius 3 is 1.82 bits per heavy atom. The molecule has 4 aromatic heterocycles. The van der Waals surface area contributed by atoms with Crippen molar-refractivity contribution in [1.82, 2.24) is 19.1 Å². The van der Waals surface area contributed by atoms with Gasteiger partial charge in [0.15, 0.2) is 5.58 Å². The van der Waals surface area contributed by atoms with Crippen molar-refractivity contribution in [1.29, 1.82) is 0 Å². The zero-order chi connectivity index (χ0) is 39.7. The number of para-hydroxylation sites is 3. The largest absolute Gasteiger partial charge is 0.452 e. The minimum absolute atomic E-state index is 0.0998. The Morgan fingerprint density at radius 1 is 0.433 bits per heavy atom. The zero-order valence-corrected chi connectivity index (χ0v) is 33.0. The molecule has 8 aromatic carbocycles. The van der Waals surface area contributed by atoms with Gasteiger partial charge in [-0.3, -0.25) is 4.57 Å². The number of benzene rings is 8. The molecule has 5 nitrogen and oxygen atoms in total. The summed E-state index contributed by atoms with van der Waals surface area (Å²) in [5, 5.41) is 5.75. The molecule has 0 aliphatic heterocycles. The standard InChI is InChI=1S/C55H36N4O/c1-55(2)44-22-12-9-19-37(44)40-31-42-41-29-34(25-27-48(41)58(49(42)32-45(40)55)36-17-7-4-8-18-36)35-26-28-50-43(30-35)52-53(60-50)51(33-15-5-3-6-16-33)56-54(57-52)59-46-23-13-10-20-38(46)39-21-11-14-24-47(39)59/h3-32H,1-2H3. The van der Waals surface area contributed by atoms with Gasteiger partial charge in [-0.25, -0.2) is 9.97 Å². The van der Waals surface area contributed by atoms with Crippen molar-refractivity contribution in [2.75, 3.05) is 0 Å². The van der Waals surface area contributed by atoms with Gasteiger partial charge >= 0.3 is 0 Å². The van der Waals surface area contributed by atoms with E-state index in [2.05, 4.69) is 187 Å². The smallest absolute Gasteiger partial charge is 0.236 e. The van der Waals surface area contributed by atoms with Gasteiger partial charge in [0.1, 0.15) is 16.8 Å². The SMILES string of the molecule is CC1(C)c2ccccc2-c2cc3c4cc(-c5ccc6oc7c(-c8ccccc8)nc(-n8c9ccccc9c9ccccc98)nc7c6c5)ccc4n(-c4ccccc4)c3cc21. The predicted molar refractivity (Wildman–Crippen MR) is 246 cm³/mol. The summed E-state index contributed by atoms with van der Waals surface area (Å²) in [6.45, 7) is 4.71. The number of nitrogens with zero attached hydrogens (tertiary/aromatic N) is 4. The van der Waals surface area contributed by atoms with Crippen molar-refractivity contribution in [3.63, 3.8) is 0 Å². The number of furan rings is 1. The molecule has 0 radical (unpaired) electrons. The summed E-state index contributed by atoms with van der Waals surface area (Å²) >= 11 is 0. The van der Waals surface area contributed by atoms with Crippen molar-refractivity contribution >= 4 is 65.7 Å². The molecule has 282 valence electrons. The normalized spacial score (nSPS) is 13.3. The molecule has 0 fully saturated rings. The van der Waals surface area contributed by atoms with Crippen LogP contribution < -0.4 is 0 Å². The van der Waals surface area contributed by atoms with Crippen LogP contribution in [0.4, 0.5) is 0 Å². The number of hydrogen-bond acceptors (Lipinski definition) is 3. The maximum atomic E-state index is 6.71. The molecular weight excluding hydrogens is 733 g/mol. The number of fused-ring (bicyclic) bond motifs is 12. The highest BCUT2D eigenvalue weighted by Gasteiger charge is 2.36. The Balaban J connectivity index is 1.05. The summed E-state index contributed by atoms with van der Waals surface area (Å²) in [5.41, 5.74) is 17.2. The molecule has 1 aliphatic carbocycles. The Morgan fingerprint density at radius 2 is 1.05 bits per heavy atom. The van der Waals surface area contributed by atoms with E-state index in [0.29, 0.717) is 11.5 Å². The Labute approximate surface area is 345 Å². The Kier molecular flexibility index (Phi) is 6.72. The van der Waals surface area contributed by atoms with Gasteiger partial charge in [0.25, 0.3) is 0 Å². The highest BCUT2D eigenvalue weighted by Crippen LogP contribution is 2.51. The van der Waals surface area contributed by atoms with Crippen LogP contribution in [0.1, 0.15) is 25.0 Å². The Hall–Kier alpha value is -7.76. The van der Waals surface area contributed by atoms with Crippen LogP contribution in [0.25, 0.3) is 111 Å². The van der Waals surface area contributed by atoms with Crippen LogP contribution >= 0.6 is 0 Å². The molecule has 4 heterocycles. The second-order valence-electron chi connectivity index (χ2n) is 16.6. The van der Waals surface area contributed by atoms with Gasteiger partial charge < -0.3 is 8.98 Å². The Bertz CT molecular complexity index is 3680. The number of hydrogen-bond donors (Lipinski definition) is 0. The summed E-state index contributed by atoms with van der Waals surface area (Å²) in [7, 11) is 0. The van der Waals surface area contributed by atoms with Crippen molar-refractivity contribution in [3.8, 4) is 45.1 Å². The van der Waals surface area contributed by atoms with Gasteiger partial charge in [0.05, 0.1) is 22.1 Å². The fourth-order valence-corrected chi connectivity index (χ4v) is 10.1. The highest BCUT2D eigenvalue weighted by atomic mass is 16.3. The fraction of sp³-hybridized carbons (Fsp3) is 0.0545. The molecule has 0 saturated heterocycles. The first kappa shape index (κ1) is 33.2. The van der Waals surface area contributed by atoms with E-state index in [9.17, 15) is 0 Å². The molecule has 13 rings (SSSR count). The summed E-state index contributed by atoms with van der Waals surface area (Å²) in [6, 6.07) is 65.2. The summed E-state index contributed by atoms with van der Waals surface area (Å²) in [4.78, 5) is 10.7. The van der Waals surface area contributed by atoms with E-state index in [-0.39, 0.29) is 5.41 Å². The highest BCUT2D eigenvalue weighted by molar-refractivity contribution is 6.14. The van der Waals surface area contributed by atoms with Crippen LogP contribution in [0.2, 0.25) is 0 Å². The molecule has 0 spiro atoms. The van der Waals surface area contributed by atoms with E-state index in [1.165, 1.54) is 54.8 Å². The van der Waals surface area contributed by atoms with E-state index in [4.69, 9.17) is 14.4 Å². The van der Waals surface area contributed by atoms with Crippen LogP contribution in [-0.4, -0.2) is 19.1 Å². The summed E-state index contributed by atoms with van der Waals surface area (Å²) < 4.78 is 11.3. The molecule has 5 heteroatoms. The molecule has 0 atom stereocenters. The molecule has 1 aliphatic rings. The van der Waals surface area contributed by atoms with Gasteiger partial charge in [-0.05, 0) is 94.0 Å². The van der Waals surface area contributed by atoms with E-state index >= 15 is 0 Å². The van der Waals surface area contributed by atoms with Gasteiger partial charge in [-0.2, -0.15) is 0 Å². The lowest BCUT2D eigenvalue weighted by atomic mass is 9.82. The molecule has 60 heavy (non-hydrogen) atoms. The van der Waals surface area contributed by atoms with Gasteiger partial charge in [-0.1, -0.05) is 135 Å². The topological polar surface area (TPSA) is 48.8 Å². The third-order valence-corrected chi connectivity index (χ3v) is 12.9. The van der Waals surface area contributed by atoms with Gasteiger partial charge in [0.2, 0.25) is 5.95 Å². The van der Waals surface area contributed by atoms with Gasteiger partial charge in [-0.15, -0.1) is 0 Å². The van der Waals surface area contributed by atoms with E-state index in [1.54, 1.807) is 0 Å². The summed E-state index contributed by atoms with van der Waals surface area (Å²) in [5.74, 6) is 0.610.